The summed E-state index contributed by atoms with van der Waals surface area (Å²) in [5, 5.41) is 6.63. The second-order valence-electron chi connectivity index (χ2n) is 5.65. The first-order valence-corrected chi connectivity index (χ1v) is 7.72. The molecule has 8 nitrogen and oxygen atoms in total. The summed E-state index contributed by atoms with van der Waals surface area (Å²) in [6.07, 6.45) is 3.36. The summed E-state index contributed by atoms with van der Waals surface area (Å²) in [6.45, 7) is 3.93. The van der Waals surface area contributed by atoms with Crippen molar-refractivity contribution >= 4 is 11.6 Å². The van der Waals surface area contributed by atoms with E-state index in [1.165, 1.54) is 6.26 Å². The molecule has 0 unspecified atom stereocenters. The third-order valence-electron chi connectivity index (χ3n) is 3.78. The molecular formula is C17H15N5O3. The van der Waals surface area contributed by atoms with Crippen molar-refractivity contribution in [1.82, 2.24) is 24.8 Å². The Labute approximate surface area is 142 Å². The number of hydrogen-bond donors (Lipinski definition) is 1. The maximum absolute atomic E-state index is 12.6. The summed E-state index contributed by atoms with van der Waals surface area (Å²) in [5.74, 6) is 0.869. The van der Waals surface area contributed by atoms with E-state index in [4.69, 9.17) is 8.94 Å². The molecule has 4 rings (SSSR count). The van der Waals surface area contributed by atoms with Crippen LogP contribution in [0.1, 0.15) is 27.6 Å². The van der Waals surface area contributed by atoms with Gasteiger partial charge in [0.15, 0.2) is 11.6 Å². The van der Waals surface area contributed by atoms with E-state index in [9.17, 15) is 4.79 Å². The number of aryl methyl sites for hydroxylation is 2. The fourth-order valence-electron chi connectivity index (χ4n) is 2.61. The normalized spacial score (nSPS) is 11.1. The lowest BCUT2D eigenvalue weighted by Crippen LogP contribution is -2.25. The maximum Gasteiger partial charge on any atom is 0.293 e. The molecule has 25 heavy (non-hydrogen) atoms. The van der Waals surface area contributed by atoms with Gasteiger partial charge in [-0.05, 0) is 43.7 Å². The molecule has 126 valence electrons. The van der Waals surface area contributed by atoms with Crippen LogP contribution in [0.3, 0.4) is 0 Å². The Hall–Kier alpha value is -3.42. The van der Waals surface area contributed by atoms with Gasteiger partial charge in [0.1, 0.15) is 11.3 Å². The zero-order valence-electron chi connectivity index (χ0n) is 13.7. The molecule has 0 bridgehead atoms. The number of amides is 1. The third kappa shape index (κ3) is 2.78. The van der Waals surface area contributed by atoms with Gasteiger partial charge in [-0.25, -0.2) is 4.98 Å². The molecule has 0 aliphatic rings. The predicted molar refractivity (Wildman–Crippen MR) is 87.8 cm³/mol. The van der Waals surface area contributed by atoms with E-state index in [-0.39, 0.29) is 18.3 Å². The molecule has 4 heterocycles. The number of pyridine rings is 1. The Kier molecular flexibility index (Phi) is 3.57. The molecular weight excluding hydrogens is 322 g/mol. The van der Waals surface area contributed by atoms with Gasteiger partial charge in [0.25, 0.3) is 11.8 Å². The molecule has 8 heteroatoms. The van der Waals surface area contributed by atoms with Gasteiger partial charge < -0.3 is 14.3 Å². The predicted octanol–water partition coefficient (Wildman–Crippen LogP) is 2.52. The van der Waals surface area contributed by atoms with Crippen LogP contribution >= 0.6 is 0 Å². The molecule has 0 aliphatic carbocycles. The SMILES string of the molecule is Cc1ccn2c(C(=O)NCc3noc(-c4ccco4)n3)c(C)nc2c1. The van der Waals surface area contributed by atoms with E-state index < -0.39 is 0 Å². The first kappa shape index (κ1) is 15.1. The molecule has 0 aliphatic heterocycles. The Morgan fingerprint density at radius 2 is 2.16 bits per heavy atom. The van der Waals surface area contributed by atoms with E-state index in [0.29, 0.717) is 23.0 Å². The van der Waals surface area contributed by atoms with Crippen LogP contribution in [0.15, 0.2) is 45.7 Å². The number of rotatable bonds is 4. The van der Waals surface area contributed by atoms with E-state index >= 15 is 0 Å². The van der Waals surface area contributed by atoms with Crippen LogP contribution in [-0.4, -0.2) is 25.4 Å². The number of nitrogens with one attached hydrogen (secondary N) is 1. The largest absolute Gasteiger partial charge is 0.459 e. The van der Waals surface area contributed by atoms with Gasteiger partial charge in [-0.3, -0.25) is 9.20 Å². The van der Waals surface area contributed by atoms with Crippen LogP contribution in [0.2, 0.25) is 0 Å². The molecule has 1 N–H and O–H groups in total. The Morgan fingerprint density at radius 3 is 2.96 bits per heavy atom. The van der Waals surface area contributed by atoms with Crippen LogP contribution in [0.5, 0.6) is 0 Å². The third-order valence-corrected chi connectivity index (χ3v) is 3.78. The second-order valence-corrected chi connectivity index (χ2v) is 5.65. The van der Waals surface area contributed by atoms with Gasteiger partial charge in [0, 0.05) is 6.20 Å². The standard InChI is InChI=1S/C17H15N5O3/c1-10-5-6-22-14(8-10)19-11(2)15(22)16(23)18-9-13-20-17(25-21-13)12-4-3-7-24-12/h3-8H,9H2,1-2H3,(H,18,23). The molecule has 0 fully saturated rings. The number of hydrogen-bond acceptors (Lipinski definition) is 6. The highest BCUT2D eigenvalue weighted by molar-refractivity contribution is 5.94. The van der Waals surface area contributed by atoms with Gasteiger partial charge in [0.05, 0.1) is 18.5 Å². The molecule has 1 amide bonds. The fraction of sp³-hybridized carbons (Fsp3) is 0.176. The van der Waals surface area contributed by atoms with Gasteiger partial charge >= 0.3 is 0 Å². The first-order chi connectivity index (χ1) is 12.1. The summed E-state index contributed by atoms with van der Waals surface area (Å²) in [6, 6.07) is 7.31. The van der Waals surface area contributed by atoms with Crippen molar-refractivity contribution in [1.29, 1.82) is 0 Å². The molecule has 0 radical (unpaired) electrons. The van der Waals surface area contributed by atoms with Crippen LogP contribution in [0, 0.1) is 13.8 Å². The Balaban J connectivity index is 1.52. The van der Waals surface area contributed by atoms with Gasteiger partial charge in [-0.1, -0.05) is 5.16 Å². The molecule has 0 atom stereocenters. The van der Waals surface area contributed by atoms with Crippen LogP contribution < -0.4 is 5.32 Å². The minimum Gasteiger partial charge on any atom is -0.459 e. The van der Waals surface area contributed by atoms with Crippen LogP contribution in [0.25, 0.3) is 17.3 Å². The monoisotopic (exact) mass is 337 g/mol. The molecule has 0 saturated carbocycles. The number of carbonyl (C=O) groups is 1. The van der Waals surface area contributed by atoms with Crippen molar-refractivity contribution in [2.24, 2.45) is 0 Å². The highest BCUT2D eigenvalue weighted by Gasteiger charge is 2.18. The van der Waals surface area contributed by atoms with E-state index in [2.05, 4.69) is 20.4 Å². The van der Waals surface area contributed by atoms with Crippen molar-refractivity contribution in [2.45, 2.75) is 20.4 Å². The minimum atomic E-state index is -0.252. The van der Waals surface area contributed by atoms with Crippen LogP contribution in [0.4, 0.5) is 0 Å². The zero-order chi connectivity index (χ0) is 17.4. The number of carbonyl (C=O) groups excluding carboxylic acids is 1. The highest BCUT2D eigenvalue weighted by atomic mass is 16.5. The number of fused-ring (bicyclic) bond motifs is 1. The number of aromatic nitrogens is 4. The minimum absolute atomic E-state index is 0.140. The second kappa shape index (κ2) is 5.90. The quantitative estimate of drug-likeness (QED) is 0.614. The van der Waals surface area contributed by atoms with E-state index in [1.807, 2.05) is 25.3 Å². The number of furan rings is 1. The summed E-state index contributed by atoms with van der Waals surface area (Å²) in [5.41, 5.74) is 2.97. The van der Waals surface area contributed by atoms with Crippen molar-refractivity contribution in [3.63, 3.8) is 0 Å². The number of imidazole rings is 1. The van der Waals surface area contributed by atoms with E-state index in [1.54, 1.807) is 23.5 Å². The van der Waals surface area contributed by atoms with Gasteiger partial charge in [-0.15, -0.1) is 0 Å². The maximum atomic E-state index is 12.6. The van der Waals surface area contributed by atoms with Gasteiger partial charge in [0.2, 0.25) is 0 Å². The van der Waals surface area contributed by atoms with Crippen molar-refractivity contribution in [3.05, 3.63) is 59.5 Å². The lowest BCUT2D eigenvalue weighted by molar-refractivity contribution is 0.0943. The first-order valence-electron chi connectivity index (χ1n) is 7.72. The average Bonchev–Trinajstić information content (AvgIpc) is 3.31. The Morgan fingerprint density at radius 1 is 1.28 bits per heavy atom. The lowest BCUT2D eigenvalue weighted by Gasteiger charge is -2.04. The summed E-state index contributed by atoms with van der Waals surface area (Å²) in [7, 11) is 0. The summed E-state index contributed by atoms with van der Waals surface area (Å²) >= 11 is 0. The van der Waals surface area contributed by atoms with Crippen molar-refractivity contribution in [2.75, 3.05) is 0 Å². The molecule has 0 aromatic carbocycles. The topological polar surface area (TPSA) is 98.5 Å². The Bertz CT molecular complexity index is 1050. The molecule has 0 saturated heterocycles. The van der Waals surface area contributed by atoms with Gasteiger partial charge in [-0.2, -0.15) is 4.98 Å². The van der Waals surface area contributed by atoms with Crippen LogP contribution in [-0.2, 0) is 6.54 Å². The zero-order valence-corrected chi connectivity index (χ0v) is 13.7. The summed E-state index contributed by atoms with van der Waals surface area (Å²) in [4.78, 5) is 21.2. The lowest BCUT2D eigenvalue weighted by atomic mass is 10.3. The summed E-state index contributed by atoms with van der Waals surface area (Å²) < 4.78 is 12.1. The number of nitrogens with zero attached hydrogens (tertiary/aromatic N) is 4. The van der Waals surface area contributed by atoms with E-state index in [0.717, 1.165) is 11.2 Å². The van der Waals surface area contributed by atoms with Crippen molar-refractivity contribution in [3.8, 4) is 11.7 Å². The molecule has 4 aromatic rings. The molecule has 0 spiro atoms. The molecule has 4 aromatic heterocycles. The average molecular weight is 337 g/mol. The highest BCUT2D eigenvalue weighted by Crippen LogP contribution is 2.17. The smallest absolute Gasteiger partial charge is 0.293 e. The fourth-order valence-corrected chi connectivity index (χ4v) is 2.61. The van der Waals surface area contributed by atoms with Crippen molar-refractivity contribution < 1.29 is 13.7 Å².